The highest BCUT2D eigenvalue weighted by atomic mass is 16.7. The Morgan fingerprint density at radius 3 is 2.69 bits per heavy atom. The lowest BCUT2D eigenvalue weighted by Gasteiger charge is -2.12. The lowest BCUT2D eigenvalue weighted by molar-refractivity contribution is 0.174. The molecule has 6 heteroatoms. The second-order valence-corrected chi connectivity index (χ2v) is 6.24. The third kappa shape index (κ3) is 5.31. The molecule has 138 valence electrons. The van der Waals surface area contributed by atoms with Crippen LogP contribution in [0.3, 0.4) is 0 Å². The summed E-state index contributed by atoms with van der Waals surface area (Å²) < 4.78 is 16.1. The van der Waals surface area contributed by atoms with E-state index in [0.717, 1.165) is 54.7 Å². The molecular formula is C20H25N3O3. The Balaban J connectivity index is 1.48. The van der Waals surface area contributed by atoms with Crippen LogP contribution in [-0.4, -0.2) is 32.4 Å². The van der Waals surface area contributed by atoms with Crippen molar-refractivity contribution in [2.24, 2.45) is 4.99 Å². The first-order valence-electron chi connectivity index (χ1n) is 8.78. The van der Waals surface area contributed by atoms with Crippen molar-refractivity contribution in [3.63, 3.8) is 0 Å². The van der Waals surface area contributed by atoms with Gasteiger partial charge in [-0.05, 0) is 43.2 Å². The number of rotatable bonds is 8. The first-order chi connectivity index (χ1) is 12.7. The fourth-order valence-corrected chi connectivity index (χ4v) is 2.57. The minimum absolute atomic E-state index is 0.300. The molecule has 0 fully saturated rings. The Kier molecular flexibility index (Phi) is 6.19. The maximum atomic E-state index is 5.42. The van der Waals surface area contributed by atoms with E-state index >= 15 is 0 Å². The number of nitrogens with one attached hydrogen (secondary N) is 2. The minimum atomic E-state index is 0.300. The van der Waals surface area contributed by atoms with Gasteiger partial charge >= 0.3 is 0 Å². The number of furan rings is 1. The lowest BCUT2D eigenvalue weighted by Crippen LogP contribution is -2.39. The maximum absolute atomic E-state index is 5.42. The molecule has 0 spiro atoms. The van der Waals surface area contributed by atoms with Gasteiger partial charge in [0, 0.05) is 19.5 Å². The quantitative estimate of drug-likeness (QED) is 0.433. The summed E-state index contributed by atoms with van der Waals surface area (Å²) in [6, 6.07) is 9.91. The number of benzene rings is 1. The lowest BCUT2D eigenvalue weighted by atomic mass is 10.1. The van der Waals surface area contributed by atoms with Crippen molar-refractivity contribution in [1.82, 2.24) is 10.6 Å². The average Bonchev–Trinajstić information content (AvgIpc) is 3.30. The Hall–Kier alpha value is -2.89. The number of fused-ring (bicyclic) bond motifs is 1. The molecule has 0 unspecified atom stereocenters. The van der Waals surface area contributed by atoms with E-state index in [1.54, 1.807) is 6.26 Å². The number of aliphatic imine (C=N–C) groups is 1. The van der Waals surface area contributed by atoms with Gasteiger partial charge in [0.15, 0.2) is 17.5 Å². The van der Waals surface area contributed by atoms with Crippen LogP contribution in [0.5, 0.6) is 11.5 Å². The Bertz CT molecular complexity index is 754. The highest BCUT2D eigenvalue weighted by Gasteiger charge is 2.13. The van der Waals surface area contributed by atoms with Crippen molar-refractivity contribution >= 4 is 5.96 Å². The molecule has 1 aromatic heterocycles. The van der Waals surface area contributed by atoms with Crippen LogP contribution in [0.15, 0.2) is 58.2 Å². The summed E-state index contributed by atoms with van der Waals surface area (Å²) in [5.41, 5.74) is 2.21. The summed E-state index contributed by atoms with van der Waals surface area (Å²) in [5.74, 6) is 3.36. The van der Waals surface area contributed by atoms with Gasteiger partial charge in [0.05, 0.1) is 12.8 Å². The van der Waals surface area contributed by atoms with Gasteiger partial charge in [-0.2, -0.15) is 0 Å². The van der Waals surface area contributed by atoms with Gasteiger partial charge in [-0.3, -0.25) is 0 Å². The third-order valence-corrected chi connectivity index (χ3v) is 3.89. The molecule has 0 aliphatic carbocycles. The summed E-state index contributed by atoms with van der Waals surface area (Å²) >= 11 is 0. The van der Waals surface area contributed by atoms with E-state index in [1.807, 2.05) is 31.2 Å². The van der Waals surface area contributed by atoms with Crippen LogP contribution in [-0.2, 0) is 12.8 Å². The molecule has 1 aromatic carbocycles. The molecule has 0 bridgehead atoms. The van der Waals surface area contributed by atoms with Gasteiger partial charge in [-0.15, -0.1) is 0 Å². The first-order valence-corrected chi connectivity index (χ1v) is 8.78. The van der Waals surface area contributed by atoms with Gasteiger partial charge in [-0.1, -0.05) is 18.2 Å². The van der Waals surface area contributed by atoms with E-state index < -0.39 is 0 Å². The number of hydrogen-bond acceptors (Lipinski definition) is 4. The molecular weight excluding hydrogens is 330 g/mol. The molecule has 0 saturated heterocycles. The Labute approximate surface area is 153 Å². The smallest absolute Gasteiger partial charge is 0.231 e. The molecule has 0 amide bonds. The van der Waals surface area contributed by atoms with E-state index in [0.29, 0.717) is 13.3 Å². The van der Waals surface area contributed by atoms with Gasteiger partial charge < -0.3 is 24.5 Å². The second kappa shape index (κ2) is 8.99. The summed E-state index contributed by atoms with van der Waals surface area (Å²) in [6.45, 7) is 8.29. The molecule has 0 radical (unpaired) electrons. The molecule has 6 nitrogen and oxygen atoms in total. The van der Waals surface area contributed by atoms with Gasteiger partial charge in [0.2, 0.25) is 6.79 Å². The number of guanidine groups is 1. The van der Waals surface area contributed by atoms with Crippen LogP contribution in [0.2, 0.25) is 0 Å². The van der Waals surface area contributed by atoms with Crippen LogP contribution in [0.4, 0.5) is 0 Å². The highest BCUT2D eigenvalue weighted by Crippen LogP contribution is 2.32. The van der Waals surface area contributed by atoms with E-state index in [9.17, 15) is 0 Å². The SMILES string of the molecule is C=C(C)CN=C(NCCc1ccc2c(c1)OCO2)NCCc1ccco1. The predicted molar refractivity (Wildman–Crippen MR) is 102 cm³/mol. The zero-order chi connectivity index (χ0) is 18.2. The average molecular weight is 355 g/mol. The van der Waals surface area contributed by atoms with E-state index in [2.05, 4.69) is 28.3 Å². The van der Waals surface area contributed by atoms with Crippen LogP contribution in [0, 0.1) is 0 Å². The molecule has 2 aromatic rings. The topological polar surface area (TPSA) is 68.0 Å². The van der Waals surface area contributed by atoms with Gasteiger partial charge in [0.25, 0.3) is 0 Å². The number of nitrogens with zero attached hydrogens (tertiary/aromatic N) is 1. The molecule has 26 heavy (non-hydrogen) atoms. The molecule has 1 aliphatic rings. The normalized spacial score (nSPS) is 12.9. The highest BCUT2D eigenvalue weighted by molar-refractivity contribution is 5.79. The van der Waals surface area contributed by atoms with Crippen molar-refractivity contribution in [2.45, 2.75) is 19.8 Å². The first kappa shape index (κ1) is 17.9. The second-order valence-electron chi connectivity index (χ2n) is 6.24. The molecule has 3 rings (SSSR count). The Morgan fingerprint density at radius 2 is 1.92 bits per heavy atom. The summed E-state index contributed by atoms with van der Waals surface area (Å²) in [7, 11) is 0. The number of hydrogen-bond donors (Lipinski definition) is 2. The predicted octanol–water partition coefficient (Wildman–Crippen LogP) is 2.90. The van der Waals surface area contributed by atoms with E-state index in [-0.39, 0.29) is 0 Å². The van der Waals surface area contributed by atoms with Crippen molar-refractivity contribution in [2.75, 3.05) is 26.4 Å². The summed E-state index contributed by atoms with van der Waals surface area (Å²) in [4.78, 5) is 4.55. The molecule has 2 N–H and O–H groups in total. The standard InChI is InChI=1S/C20H25N3O3/c1-15(2)13-23-20(22-10-8-17-4-3-11-24-17)21-9-7-16-5-6-18-19(12-16)26-14-25-18/h3-6,11-12H,1,7-10,13-14H2,2H3,(H2,21,22,23). The fraction of sp³-hybridized carbons (Fsp3) is 0.350. The minimum Gasteiger partial charge on any atom is -0.469 e. The number of ether oxygens (including phenoxy) is 2. The molecule has 2 heterocycles. The van der Waals surface area contributed by atoms with Crippen LogP contribution in [0.25, 0.3) is 0 Å². The zero-order valence-corrected chi connectivity index (χ0v) is 15.1. The monoisotopic (exact) mass is 355 g/mol. The Morgan fingerprint density at radius 1 is 1.12 bits per heavy atom. The van der Waals surface area contributed by atoms with Crippen molar-refractivity contribution in [1.29, 1.82) is 0 Å². The van der Waals surface area contributed by atoms with Gasteiger partial charge in [-0.25, -0.2) is 4.99 Å². The fourth-order valence-electron chi connectivity index (χ4n) is 2.57. The summed E-state index contributed by atoms with van der Waals surface area (Å²) in [5, 5.41) is 6.70. The van der Waals surface area contributed by atoms with Crippen molar-refractivity contribution in [3.05, 3.63) is 60.1 Å². The van der Waals surface area contributed by atoms with Crippen LogP contribution >= 0.6 is 0 Å². The van der Waals surface area contributed by atoms with Crippen molar-refractivity contribution < 1.29 is 13.9 Å². The largest absolute Gasteiger partial charge is 0.469 e. The summed E-state index contributed by atoms with van der Waals surface area (Å²) in [6.07, 6.45) is 3.36. The third-order valence-electron chi connectivity index (χ3n) is 3.89. The van der Waals surface area contributed by atoms with Gasteiger partial charge in [0.1, 0.15) is 5.76 Å². The van der Waals surface area contributed by atoms with E-state index in [1.165, 1.54) is 5.56 Å². The molecule has 0 saturated carbocycles. The van der Waals surface area contributed by atoms with Crippen LogP contribution in [0.1, 0.15) is 18.2 Å². The molecule has 1 aliphatic heterocycles. The molecule has 0 atom stereocenters. The maximum Gasteiger partial charge on any atom is 0.231 e. The van der Waals surface area contributed by atoms with Crippen LogP contribution < -0.4 is 20.1 Å². The van der Waals surface area contributed by atoms with E-state index in [4.69, 9.17) is 13.9 Å². The van der Waals surface area contributed by atoms with Crippen molar-refractivity contribution in [3.8, 4) is 11.5 Å². The zero-order valence-electron chi connectivity index (χ0n) is 15.1.